The van der Waals surface area contributed by atoms with Crippen LogP contribution in [0.2, 0.25) is 0 Å². The molecule has 0 atom stereocenters. The molecule has 2 aromatic heterocycles. The first-order valence-electron chi connectivity index (χ1n) is 7.08. The number of aryl methyl sites for hydroxylation is 1. The number of aromatic nitrogens is 4. The molecule has 21 heavy (non-hydrogen) atoms. The number of carbonyl (C=O) groups is 1. The number of nitrogens with zero attached hydrogens (tertiary/aromatic N) is 5. The fourth-order valence-electron chi connectivity index (χ4n) is 2.30. The molecule has 7 nitrogen and oxygen atoms in total. The van der Waals surface area contributed by atoms with Gasteiger partial charge in [-0.05, 0) is 6.92 Å². The van der Waals surface area contributed by atoms with Crippen molar-refractivity contribution in [3.05, 3.63) is 18.1 Å². The van der Waals surface area contributed by atoms with E-state index in [9.17, 15) is 4.79 Å². The lowest BCUT2D eigenvalue weighted by atomic mass is 9.94. The fourth-order valence-corrected chi connectivity index (χ4v) is 2.30. The standard InChI is InChI=1S/C14H20N6O/c1-9-5-11(20-13(17-9)15-8-16-20)19-6-10(7-19)18-12(21)14(2,3)4/h5,8,10H,6-7H2,1-4H3,(H,18,21). The maximum atomic E-state index is 12.0. The maximum absolute atomic E-state index is 12.0. The molecule has 1 N–H and O–H groups in total. The molecule has 1 fully saturated rings. The molecule has 0 radical (unpaired) electrons. The molecular weight excluding hydrogens is 268 g/mol. The van der Waals surface area contributed by atoms with Gasteiger partial charge in [-0.1, -0.05) is 20.8 Å². The third-order valence-electron chi connectivity index (χ3n) is 3.58. The van der Waals surface area contributed by atoms with Gasteiger partial charge in [0.1, 0.15) is 12.1 Å². The first-order valence-corrected chi connectivity index (χ1v) is 7.08. The van der Waals surface area contributed by atoms with Gasteiger partial charge in [-0.3, -0.25) is 4.79 Å². The van der Waals surface area contributed by atoms with Gasteiger partial charge in [0.25, 0.3) is 5.78 Å². The van der Waals surface area contributed by atoms with E-state index in [2.05, 4.69) is 25.3 Å². The zero-order valence-corrected chi connectivity index (χ0v) is 12.8. The van der Waals surface area contributed by atoms with Crippen LogP contribution >= 0.6 is 0 Å². The Kier molecular flexibility index (Phi) is 3.07. The summed E-state index contributed by atoms with van der Waals surface area (Å²) in [5, 5.41) is 7.27. The monoisotopic (exact) mass is 288 g/mol. The van der Waals surface area contributed by atoms with E-state index in [1.807, 2.05) is 33.8 Å². The van der Waals surface area contributed by atoms with Crippen LogP contribution in [-0.4, -0.2) is 44.6 Å². The lowest BCUT2D eigenvalue weighted by molar-refractivity contribution is -0.129. The Balaban J connectivity index is 1.71. The minimum atomic E-state index is -0.354. The van der Waals surface area contributed by atoms with Gasteiger partial charge < -0.3 is 10.2 Å². The lowest BCUT2D eigenvalue weighted by Crippen LogP contribution is -2.61. The molecule has 0 bridgehead atoms. The molecule has 0 saturated carbocycles. The van der Waals surface area contributed by atoms with Gasteiger partial charge in [0.2, 0.25) is 5.91 Å². The van der Waals surface area contributed by atoms with Crippen LogP contribution in [0.3, 0.4) is 0 Å². The smallest absolute Gasteiger partial charge is 0.254 e. The summed E-state index contributed by atoms with van der Waals surface area (Å²) in [6.07, 6.45) is 1.50. The Bertz CT molecular complexity index is 680. The molecule has 1 saturated heterocycles. The number of hydrogen-bond acceptors (Lipinski definition) is 5. The van der Waals surface area contributed by atoms with E-state index >= 15 is 0 Å². The molecule has 0 aromatic carbocycles. The number of nitrogens with one attached hydrogen (secondary N) is 1. The molecule has 7 heteroatoms. The van der Waals surface area contributed by atoms with Crippen LogP contribution < -0.4 is 10.2 Å². The van der Waals surface area contributed by atoms with Crippen molar-refractivity contribution in [2.75, 3.05) is 18.0 Å². The number of carbonyl (C=O) groups excluding carboxylic acids is 1. The molecule has 3 rings (SSSR count). The largest absolute Gasteiger partial charge is 0.352 e. The highest BCUT2D eigenvalue weighted by Gasteiger charge is 2.32. The molecule has 1 amide bonds. The molecule has 0 aliphatic carbocycles. The van der Waals surface area contributed by atoms with Crippen LogP contribution in [0, 0.1) is 12.3 Å². The number of rotatable bonds is 2. The summed E-state index contributed by atoms with van der Waals surface area (Å²) in [5.41, 5.74) is 0.556. The lowest BCUT2D eigenvalue weighted by Gasteiger charge is -2.41. The number of amides is 1. The average molecular weight is 288 g/mol. The molecule has 2 aromatic rings. The third-order valence-corrected chi connectivity index (χ3v) is 3.58. The quantitative estimate of drug-likeness (QED) is 0.884. The van der Waals surface area contributed by atoms with Crippen LogP contribution in [0.15, 0.2) is 12.4 Å². The van der Waals surface area contributed by atoms with Crippen molar-refractivity contribution in [3.8, 4) is 0 Å². The minimum Gasteiger partial charge on any atom is -0.352 e. The summed E-state index contributed by atoms with van der Waals surface area (Å²) in [5.74, 6) is 1.66. The van der Waals surface area contributed by atoms with Gasteiger partial charge >= 0.3 is 0 Å². The van der Waals surface area contributed by atoms with Crippen LogP contribution in [-0.2, 0) is 4.79 Å². The Morgan fingerprint density at radius 3 is 2.76 bits per heavy atom. The molecule has 0 unspecified atom stereocenters. The Morgan fingerprint density at radius 2 is 2.10 bits per heavy atom. The van der Waals surface area contributed by atoms with Gasteiger partial charge in [0.15, 0.2) is 0 Å². The SMILES string of the molecule is Cc1cc(N2CC(NC(=O)C(C)(C)C)C2)n2ncnc2n1. The summed E-state index contributed by atoms with van der Waals surface area (Å²) in [4.78, 5) is 22.6. The Hall–Kier alpha value is -2.18. The second-order valence-corrected chi connectivity index (χ2v) is 6.55. The summed E-state index contributed by atoms with van der Waals surface area (Å²) in [7, 11) is 0. The maximum Gasteiger partial charge on any atom is 0.254 e. The van der Waals surface area contributed by atoms with Crippen LogP contribution in [0.25, 0.3) is 5.78 Å². The predicted octanol–water partition coefficient (Wildman–Crippen LogP) is 0.784. The topological polar surface area (TPSA) is 75.4 Å². The first kappa shape index (κ1) is 13.8. The second-order valence-electron chi connectivity index (χ2n) is 6.55. The average Bonchev–Trinajstić information content (AvgIpc) is 2.78. The van der Waals surface area contributed by atoms with Crippen molar-refractivity contribution < 1.29 is 4.79 Å². The van der Waals surface area contributed by atoms with Crippen LogP contribution in [0.5, 0.6) is 0 Å². The van der Waals surface area contributed by atoms with E-state index in [0.29, 0.717) is 5.78 Å². The molecule has 3 heterocycles. The minimum absolute atomic E-state index is 0.0870. The van der Waals surface area contributed by atoms with Gasteiger partial charge in [0, 0.05) is 30.3 Å². The van der Waals surface area contributed by atoms with Crippen molar-refractivity contribution in [2.45, 2.75) is 33.7 Å². The van der Waals surface area contributed by atoms with Crippen molar-refractivity contribution in [1.29, 1.82) is 0 Å². The molecular formula is C14H20N6O. The van der Waals surface area contributed by atoms with Crippen molar-refractivity contribution in [3.63, 3.8) is 0 Å². The normalized spacial score (nSPS) is 16.1. The molecule has 0 spiro atoms. The van der Waals surface area contributed by atoms with Crippen LogP contribution in [0.1, 0.15) is 26.5 Å². The molecule has 112 valence electrons. The van der Waals surface area contributed by atoms with E-state index in [1.54, 1.807) is 4.52 Å². The van der Waals surface area contributed by atoms with Gasteiger partial charge in [-0.2, -0.15) is 14.6 Å². The van der Waals surface area contributed by atoms with E-state index < -0.39 is 0 Å². The number of fused-ring (bicyclic) bond motifs is 1. The Morgan fingerprint density at radius 1 is 1.38 bits per heavy atom. The second kappa shape index (κ2) is 4.68. The predicted molar refractivity (Wildman–Crippen MR) is 79.1 cm³/mol. The highest BCUT2D eigenvalue weighted by molar-refractivity contribution is 5.82. The number of anilines is 1. The summed E-state index contributed by atoms with van der Waals surface area (Å²) in [6, 6.07) is 2.17. The highest BCUT2D eigenvalue weighted by Crippen LogP contribution is 2.22. The Labute approximate surface area is 123 Å². The van der Waals surface area contributed by atoms with Gasteiger partial charge in [-0.25, -0.2) is 4.98 Å². The van der Waals surface area contributed by atoms with E-state index in [1.165, 1.54) is 6.33 Å². The number of hydrogen-bond donors (Lipinski definition) is 1. The molecule has 1 aliphatic rings. The van der Waals surface area contributed by atoms with Crippen molar-refractivity contribution in [1.82, 2.24) is 24.9 Å². The summed E-state index contributed by atoms with van der Waals surface area (Å²) in [6.45, 7) is 9.26. The summed E-state index contributed by atoms with van der Waals surface area (Å²) < 4.78 is 1.73. The first-order chi connectivity index (χ1) is 9.84. The van der Waals surface area contributed by atoms with Gasteiger partial charge in [0.05, 0.1) is 6.04 Å². The van der Waals surface area contributed by atoms with Crippen molar-refractivity contribution in [2.24, 2.45) is 5.41 Å². The van der Waals surface area contributed by atoms with E-state index in [4.69, 9.17) is 0 Å². The fraction of sp³-hybridized carbons (Fsp3) is 0.571. The van der Waals surface area contributed by atoms with Crippen molar-refractivity contribution >= 4 is 17.5 Å². The third kappa shape index (κ3) is 2.55. The van der Waals surface area contributed by atoms with E-state index in [-0.39, 0.29) is 17.4 Å². The summed E-state index contributed by atoms with van der Waals surface area (Å²) >= 11 is 0. The zero-order chi connectivity index (χ0) is 15.2. The van der Waals surface area contributed by atoms with Gasteiger partial charge in [-0.15, -0.1) is 0 Å². The molecule has 1 aliphatic heterocycles. The van der Waals surface area contributed by atoms with Crippen LogP contribution in [0.4, 0.5) is 5.82 Å². The zero-order valence-electron chi connectivity index (χ0n) is 12.8. The van der Waals surface area contributed by atoms with E-state index in [0.717, 1.165) is 24.6 Å². The highest BCUT2D eigenvalue weighted by atomic mass is 16.2.